The van der Waals surface area contributed by atoms with Gasteiger partial charge in [0.15, 0.2) is 0 Å². The lowest BCUT2D eigenvalue weighted by molar-refractivity contribution is -0.138. The van der Waals surface area contributed by atoms with Gasteiger partial charge in [-0.05, 0) is 6.92 Å². The van der Waals surface area contributed by atoms with Crippen molar-refractivity contribution in [2.45, 2.75) is 19.5 Å². The first-order valence-electron chi connectivity index (χ1n) is 4.55. The third-order valence-electron chi connectivity index (χ3n) is 1.92. The van der Waals surface area contributed by atoms with Gasteiger partial charge in [-0.3, -0.25) is 0 Å². The molecule has 0 radical (unpaired) electrons. The summed E-state index contributed by atoms with van der Waals surface area (Å²) in [6, 6.07) is 0. The number of carbonyl (C=O) groups is 1. The average Bonchev–Trinajstić information content (AvgIpc) is 2.57. The van der Waals surface area contributed by atoms with Crippen LogP contribution in [0.3, 0.4) is 0 Å². The smallest absolute Gasteiger partial charge is 0.333 e. The molecular formula is C9H16N2O2. The molecule has 74 valence electrons. The van der Waals surface area contributed by atoms with E-state index in [-0.39, 0.29) is 12.1 Å². The second kappa shape index (κ2) is 4.99. The summed E-state index contributed by atoms with van der Waals surface area (Å²) in [5, 5.41) is 6.41. The summed E-state index contributed by atoms with van der Waals surface area (Å²) < 4.78 is 4.82. The summed E-state index contributed by atoms with van der Waals surface area (Å²) in [6.45, 7) is 7.77. The van der Waals surface area contributed by atoms with Crippen LogP contribution in [0.2, 0.25) is 0 Å². The summed E-state index contributed by atoms with van der Waals surface area (Å²) in [7, 11) is 0. The van der Waals surface area contributed by atoms with Crippen molar-refractivity contribution in [3.63, 3.8) is 0 Å². The Balaban J connectivity index is 2.27. The molecule has 0 aromatic carbocycles. The topological polar surface area (TPSA) is 50.4 Å². The van der Waals surface area contributed by atoms with Gasteiger partial charge >= 0.3 is 5.97 Å². The molecule has 0 aromatic rings. The Hall–Kier alpha value is -0.870. The van der Waals surface area contributed by atoms with Gasteiger partial charge in [0.25, 0.3) is 0 Å². The quantitative estimate of drug-likeness (QED) is 0.477. The molecule has 0 spiro atoms. The standard InChI is InChI=1S/C9H16N2O2/c1-3-13-9(12)7(2)6-8-10-4-5-11-8/h8,10-11H,2-6H2,1H3. The van der Waals surface area contributed by atoms with E-state index in [0.717, 1.165) is 13.1 Å². The molecular weight excluding hydrogens is 168 g/mol. The zero-order valence-electron chi connectivity index (χ0n) is 7.93. The number of esters is 1. The fourth-order valence-corrected chi connectivity index (χ4v) is 1.27. The minimum Gasteiger partial charge on any atom is -0.463 e. The zero-order valence-corrected chi connectivity index (χ0v) is 7.93. The van der Waals surface area contributed by atoms with Crippen molar-refractivity contribution in [2.24, 2.45) is 0 Å². The normalized spacial score (nSPS) is 17.3. The van der Waals surface area contributed by atoms with Gasteiger partial charge in [0.1, 0.15) is 0 Å². The van der Waals surface area contributed by atoms with Gasteiger partial charge in [0.05, 0.1) is 12.8 Å². The summed E-state index contributed by atoms with van der Waals surface area (Å²) >= 11 is 0. The van der Waals surface area contributed by atoms with Crippen LogP contribution in [0.25, 0.3) is 0 Å². The predicted octanol–water partition coefficient (Wildman–Crippen LogP) is 0.0147. The molecule has 13 heavy (non-hydrogen) atoms. The second-order valence-electron chi connectivity index (χ2n) is 2.99. The maximum absolute atomic E-state index is 11.2. The Morgan fingerprint density at radius 2 is 2.15 bits per heavy atom. The highest BCUT2D eigenvalue weighted by Crippen LogP contribution is 2.05. The molecule has 1 heterocycles. The predicted molar refractivity (Wildman–Crippen MR) is 50.2 cm³/mol. The summed E-state index contributed by atoms with van der Waals surface area (Å²) in [5.74, 6) is -0.294. The molecule has 1 rings (SSSR count). The van der Waals surface area contributed by atoms with E-state index in [9.17, 15) is 4.79 Å². The van der Waals surface area contributed by atoms with Gasteiger partial charge in [0.2, 0.25) is 0 Å². The van der Waals surface area contributed by atoms with Crippen LogP contribution in [0.5, 0.6) is 0 Å². The van der Waals surface area contributed by atoms with Crippen LogP contribution < -0.4 is 10.6 Å². The van der Waals surface area contributed by atoms with E-state index in [1.54, 1.807) is 6.92 Å². The molecule has 4 nitrogen and oxygen atoms in total. The summed E-state index contributed by atoms with van der Waals surface area (Å²) in [6.07, 6.45) is 0.788. The van der Waals surface area contributed by atoms with Crippen molar-refractivity contribution in [1.29, 1.82) is 0 Å². The van der Waals surface area contributed by atoms with E-state index >= 15 is 0 Å². The van der Waals surface area contributed by atoms with Crippen LogP contribution in [0.4, 0.5) is 0 Å². The van der Waals surface area contributed by atoms with Crippen LogP contribution >= 0.6 is 0 Å². The van der Waals surface area contributed by atoms with E-state index in [1.165, 1.54) is 0 Å². The second-order valence-corrected chi connectivity index (χ2v) is 2.99. The molecule has 4 heteroatoms. The lowest BCUT2D eigenvalue weighted by Gasteiger charge is -2.11. The molecule has 0 amide bonds. The van der Waals surface area contributed by atoms with Gasteiger partial charge in [-0.25, -0.2) is 4.79 Å². The number of rotatable bonds is 4. The Labute approximate surface area is 78.3 Å². The molecule has 2 N–H and O–H groups in total. The van der Waals surface area contributed by atoms with Crippen LogP contribution in [-0.4, -0.2) is 31.8 Å². The monoisotopic (exact) mass is 184 g/mol. The van der Waals surface area contributed by atoms with Crippen molar-refractivity contribution in [1.82, 2.24) is 10.6 Å². The fraction of sp³-hybridized carbons (Fsp3) is 0.667. The Morgan fingerprint density at radius 1 is 1.54 bits per heavy atom. The third-order valence-corrected chi connectivity index (χ3v) is 1.92. The number of ether oxygens (including phenoxy) is 1. The Morgan fingerprint density at radius 3 is 2.69 bits per heavy atom. The number of carbonyl (C=O) groups excluding carboxylic acids is 1. The highest BCUT2D eigenvalue weighted by atomic mass is 16.5. The molecule has 0 unspecified atom stereocenters. The van der Waals surface area contributed by atoms with Gasteiger partial charge in [-0.1, -0.05) is 6.58 Å². The molecule has 1 aliphatic heterocycles. The molecule has 0 saturated carbocycles. The van der Waals surface area contributed by atoms with Crippen molar-refractivity contribution in [2.75, 3.05) is 19.7 Å². The average molecular weight is 184 g/mol. The molecule has 1 saturated heterocycles. The highest BCUT2D eigenvalue weighted by molar-refractivity contribution is 5.87. The number of hydrogen-bond donors (Lipinski definition) is 2. The minimum absolute atomic E-state index is 0.178. The van der Waals surface area contributed by atoms with Crippen molar-refractivity contribution < 1.29 is 9.53 Å². The first kappa shape index (κ1) is 10.2. The van der Waals surface area contributed by atoms with Crippen LogP contribution in [0.15, 0.2) is 12.2 Å². The third kappa shape index (κ3) is 3.16. The minimum atomic E-state index is -0.294. The largest absolute Gasteiger partial charge is 0.463 e. The lowest BCUT2D eigenvalue weighted by Crippen LogP contribution is -2.32. The SMILES string of the molecule is C=C(CC1NCCN1)C(=O)OCC. The molecule has 0 aliphatic carbocycles. The van der Waals surface area contributed by atoms with Crippen LogP contribution in [-0.2, 0) is 9.53 Å². The molecule has 1 aliphatic rings. The first-order valence-corrected chi connectivity index (χ1v) is 4.55. The van der Waals surface area contributed by atoms with E-state index in [0.29, 0.717) is 18.6 Å². The van der Waals surface area contributed by atoms with E-state index < -0.39 is 0 Å². The zero-order chi connectivity index (χ0) is 9.68. The maximum Gasteiger partial charge on any atom is 0.333 e. The van der Waals surface area contributed by atoms with E-state index in [1.807, 2.05) is 0 Å². The highest BCUT2D eigenvalue weighted by Gasteiger charge is 2.17. The van der Waals surface area contributed by atoms with E-state index in [4.69, 9.17) is 4.74 Å². The van der Waals surface area contributed by atoms with E-state index in [2.05, 4.69) is 17.2 Å². The maximum atomic E-state index is 11.2. The fourth-order valence-electron chi connectivity index (χ4n) is 1.27. The van der Waals surface area contributed by atoms with Crippen LogP contribution in [0, 0.1) is 0 Å². The Bertz CT molecular complexity index is 198. The Kier molecular flexibility index (Phi) is 3.92. The van der Waals surface area contributed by atoms with Crippen molar-refractivity contribution in [3.8, 4) is 0 Å². The molecule has 0 atom stereocenters. The first-order chi connectivity index (χ1) is 6.24. The summed E-state index contributed by atoms with van der Waals surface area (Å²) in [5.41, 5.74) is 0.522. The summed E-state index contributed by atoms with van der Waals surface area (Å²) in [4.78, 5) is 11.2. The lowest BCUT2D eigenvalue weighted by atomic mass is 10.2. The van der Waals surface area contributed by atoms with Gasteiger partial charge < -0.3 is 15.4 Å². The molecule has 1 fully saturated rings. The van der Waals surface area contributed by atoms with Crippen LogP contribution in [0.1, 0.15) is 13.3 Å². The van der Waals surface area contributed by atoms with Gasteiger partial charge in [-0.15, -0.1) is 0 Å². The molecule has 0 aromatic heterocycles. The number of hydrogen-bond acceptors (Lipinski definition) is 4. The van der Waals surface area contributed by atoms with Gasteiger partial charge in [0, 0.05) is 25.1 Å². The molecule has 0 bridgehead atoms. The van der Waals surface area contributed by atoms with Crippen molar-refractivity contribution in [3.05, 3.63) is 12.2 Å². The van der Waals surface area contributed by atoms with Crippen molar-refractivity contribution >= 4 is 5.97 Å². The number of nitrogens with one attached hydrogen (secondary N) is 2. The van der Waals surface area contributed by atoms with Gasteiger partial charge in [-0.2, -0.15) is 0 Å².